The van der Waals surface area contributed by atoms with Crippen molar-refractivity contribution in [2.45, 2.75) is 186 Å². The predicted octanol–water partition coefficient (Wildman–Crippen LogP) is 4.55. The normalized spacial score (nSPS) is 42.3. The summed E-state index contributed by atoms with van der Waals surface area (Å²) in [5.74, 6) is -4.77. The zero-order chi connectivity index (χ0) is 47.4. The van der Waals surface area contributed by atoms with E-state index >= 15 is 0 Å². The number of hydrogen-bond donors (Lipinski definition) is 1. The van der Waals surface area contributed by atoms with Crippen LogP contribution in [0.1, 0.15) is 102 Å². The molecule has 63 heavy (non-hydrogen) atoms. The van der Waals surface area contributed by atoms with Crippen LogP contribution in [-0.2, 0) is 61.8 Å². The lowest BCUT2D eigenvalue weighted by atomic mass is 9.73. The zero-order valence-electron chi connectivity index (χ0n) is 40.2. The van der Waals surface area contributed by atoms with Crippen LogP contribution in [0.3, 0.4) is 0 Å². The lowest BCUT2D eigenvalue weighted by molar-refractivity contribution is -0.320. The van der Waals surface area contributed by atoms with Gasteiger partial charge in [0.05, 0.1) is 48.1 Å². The third-order valence-corrected chi connectivity index (χ3v) is 13.7. The van der Waals surface area contributed by atoms with Crippen LogP contribution in [0.15, 0.2) is 18.7 Å². The van der Waals surface area contributed by atoms with Gasteiger partial charge in [-0.1, -0.05) is 27.7 Å². The van der Waals surface area contributed by atoms with E-state index in [1.807, 2.05) is 39.8 Å². The fourth-order valence-electron chi connectivity index (χ4n) is 10.1. The van der Waals surface area contributed by atoms with Crippen molar-refractivity contribution in [1.29, 1.82) is 0 Å². The van der Waals surface area contributed by atoms with Crippen molar-refractivity contribution in [3.05, 3.63) is 18.7 Å². The van der Waals surface area contributed by atoms with Crippen molar-refractivity contribution in [3.63, 3.8) is 0 Å². The molecular formula is C45H75N3O15. The van der Waals surface area contributed by atoms with E-state index in [1.165, 1.54) is 58.5 Å². The summed E-state index contributed by atoms with van der Waals surface area (Å²) < 4.78 is 64.5. The van der Waals surface area contributed by atoms with Gasteiger partial charge in [0.25, 0.3) is 0 Å². The van der Waals surface area contributed by atoms with Gasteiger partial charge >= 0.3 is 18.0 Å². The summed E-state index contributed by atoms with van der Waals surface area (Å²) in [5, 5.41) is 12.1. The standard InChI is InChI=1S/C45H75N3O15/c1-17-32-45(11,53)38(54-14)26(4)34(50)24(2)21-43(9,55-15)37(62-41-36(59-30(8)49)31(47(12)13)20-25(3)57-41)27(5)35(28(6)40(51)60-32)61-33-22-44(10,56-16)39(29(7)58-33)63-42(52)48-19-18-46-23-48/h18-19,23-29,31-33,35-39,41,53H,17,20-22H2,1-16H3/t24-,25-,26+,27+,28-,29+,31+,32-,33+,35+,36-,37-,38-,39+,41+,43-,44-,45-/m1/s1. The first kappa shape index (κ1) is 52.6. The van der Waals surface area contributed by atoms with Gasteiger partial charge in [0.1, 0.15) is 29.4 Å². The highest BCUT2D eigenvalue weighted by Gasteiger charge is 2.55. The van der Waals surface area contributed by atoms with Crippen molar-refractivity contribution >= 4 is 23.8 Å². The van der Waals surface area contributed by atoms with Gasteiger partial charge in [-0.15, -0.1) is 0 Å². The number of likely N-dealkylation sites (N-methyl/N-ethyl adjacent to an activating group) is 1. The minimum Gasteiger partial charge on any atom is -0.459 e. The predicted molar refractivity (Wildman–Crippen MR) is 227 cm³/mol. The Balaban J connectivity index is 1.88. The second-order valence-electron chi connectivity index (χ2n) is 18.8. The number of carbonyl (C=O) groups excluding carboxylic acids is 4. The Morgan fingerprint density at radius 1 is 0.889 bits per heavy atom. The average Bonchev–Trinajstić information content (AvgIpc) is 3.77. The van der Waals surface area contributed by atoms with Crippen LogP contribution in [0.25, 0.3) is 0 Å². The Bertz CT molecular complexity index is 1680. The molecule has 4 heterocycles. The highest BCUT2D eigenvalue weighted by Crippen LogP contribution is 2.43. The number of ketones is 1. The van der Waals surface area contributed by atoms with Gasteiger partial charge in [-0.25, -0.2) is 14.3 Å². The number of rotatable bonds is 11. The summed E-state index contributed by atoms with van der Waals surface area (Å²) >= 11 is 0. The number of hydrogen-bond acceptors (Lipinski definition) is 17. The minimum absolute atomic E-state index is 0.0568. The molecule has 0 saturated carbocycles. The van der Waals surface area contributed by atoms with Crippen molar-refractivity contribution in [1.82, 2.24) is 14.5 Å². The van der Waals surface area contributed by atoms with E-state index in [-0.39, 0.29) is 37.2 Å². The van der Waals surface area contributed by atoms with E-state index in [0.717, 1.165) is 0 Å². The Hall–Kier alpha value is -3.07. The number of esters is 2. The number of imidazole rings is 1. The van der Waals surface area contributed by atoms with E-state index < -0.39 is 114 Å². The monoisotopic (exact) mass is 898 g/mol. The first-order valence-corrected chi connectivity index (χ1v) is 22.1. The number of ether oxygens (including phenoxy) is 10. The molecule has 1 N–H and O–H groups in total. The Morgan fingerprint density at radius 3 is 2.06 bits per heavy atom. The first-order chi connectivity index (χ1) is 29.4. The molecule has 0 amide bonds. The Kier molecular flexibility index (Phi) is 17.9. The van der Waals surface area contributed by atoms with Crippen LogP contribution in [0, 0.1) is 23.7 Å². The maximum Gasteiger partial charge on any atom is 0.419 e. The third kappa shape index (κ3) is 11.7. The molecule has 4 rings (SSSR count). The molecule has 18 heteroatoms. The van der Waals surface area contributed by atoms with E-state index in [2.05, 4.69) is 4.98 Å². The Morgan fingerprint density at radius 2 is 1.52 bits per heavy atom. The summed E-state index contributed by atoms with van der Waals surface area (Å²) in [7, 11) is 8.22. The second kappa shape index (κ2) is 21.5. The van der Waals surface area contributed by atoms with Crippen molar-refractivity contribution in [2.24, 2.45) is 23.7 Å². The SMILES string of the molecule is CC[C@H]1OC(=O)[C@H](C)[C@@H](O[C@H]2C[C@@](C)(OC)[C@@H](OC(=O)n3ccnc3)[C@H](C)O2)[C@H](C)[C@@H](O[C@@H]2O[C@H](C)C[C@H](N(C)C)[C@H]2OC(C)=O)[C@](C)(OC)C[C@@H](C)C(=O)[C@H](C)[C@@H](OC)[C@]1(C)O. The van der Waals surface area contributed by atoms with Crippen LogP contribution >= 0.6 is 0 Å². The van der Waals surface area contributed by atoms with Gasteiger partial charge < -0.3 is 57.4 Å². The first-order valence-electron chi connectivity index (χ1n) is 22.1. The molecular weight excluding hydrogens is 823 g/mol. The highest BCUT2D eigenvalue weighted by molar-refractivity contribution is 5.83. The van der Waals surface area contributed by atoms with Gasteiger partial charge in [-0.3, -0.25) is 14.4 Å². The molecule has 3 aliphatic heterocycles. The molecule has 0 radical (unpaired) electrons. The number of carbonyl (C=O) groups is 4. The summed E-state index contributed by atoms with van der Waals surface area (Å²) in [5.41, 5.74) is -4.22. The fourth-order valence-corrected chi connectivity index (χ4v) is 10.1. The number of Topliss-reactive ketones (excluding diaryl/α,β-unsaturated/α-hetero) is 1. The largest absolute Gasteiger partial charge is 0.459 e. The van der Waals surface area contributed by atoms with Gasteiger partial charge in [0.15, 0.2) is 24.8 Å². The van der Waals surface area contributed by atoms with Crippen LogP contribution in [-0.4, -0.2) is 163 Å². The number of nitrogens with zero attached hydrogens (tertiary/aromatic N) is 3. The summed E-state index contributed by atoms with van der Waals surface area (Å²) in [4.78, 5) is 60.7. The summed E-state index contributed by atoms with van der Waals surface area (Å²) in [6.45, 7) is 18.9. The summed E-state index contributed by atoms with van der Waals surface area (Å²) in [6, 6.07) is -0.294. The number of aliphatic hydroxyl groups is 1. The lowest BCUT2D eigenvalue weighted by Gasteiger charge is -2.50. The molecule has 3 fully saturated rings. The molecule has 0 unspecified atom stereocenters. The third-order valence-electron chi connectivity index (χ3n) is 13.7. The summed E-state index contributed by atoms with van der Waals surface area (Å²) in [6.07, 6.45) is -4.73. The van der Waals surface area contributed by atoms with Crippen LogP contribution < -0.4 is 0 Å². The van der Waals surface area contributed by atoms with E-state index in [4.69, 9.17) is 47.4 Å². The van der Waals surface area contributed by atoms with E-state index in [1.54, 1.807) is 41.5 Å². The number of cyclic esters (lactones) is 1. The topological polar surface area (TPSA) is 202 Å². The Labute approximate surface area is 373 Å². The molecule has 1 aromatic rings. The van der Waals surface area contributed by atoms with E-state index in [9.17, 15) is 24.3 Å². The minimum atomic E-state index is -1.79. The molecule has 0 aromatic carbocycles. The average molecular weight is 898 g/mol. The molecule has 360 valence electrons. The van der Waals surface area contributed by atoms with Gasteiger partial charge in [-0.05, 0) is 74.9 Å². The maximum atomic E-state index is 14.6. The molecule has 0 bridgehead atoms. The molecule has 3 aliphatic rings. The van der Waals surface area contributed by atoms with Crippen LogP contribution in [0.4, 0.5) is 4.79 Å². The maximum absolute atomic E-state index is 14.6. The smallest absolute Gasteiger partial charge is 0.419 e. The van der Waals surface area contributed by atoms with Crippen molar-refractivity contribution in [2.75, 3.05) is 35.4 Å². The van der Waals surface area contributed by atoms with Crippen LogP contribution in [0.5, 0.6) is 0 Å². The fraction of sp³-hybridized carbons (Fsp3) is 0.844. The lowest BCUT2D eigenvalue weighted by Crippen LogP contribution is -2.62. The van der Waals surface area contributed by atoms with Crippen molar-refractivity contribution in [3.8, 4) is 0 Å². The molecule has 0 aliphatic carbocycles. The van der Waals surface area contributed by atoms with Crippen LogP contribution in [0.2, 0.25) is 0 Å². The molecule has 1 aromatic heterocycles. The van der Waals surface area contributed by atoms with Gasteiger partial charge in [-0.2, -0.15) is 0 Å². The quantitative estimate of drug-likeness (QED) is 0.239. The zero-order valence-corrected chi connectivity index (χ0v) is 40.2. The van der Waals surface area contributed by atoms with E-state index in [0.29, 0.717) is 6.42 Å². The molecule has 18 nitrogen and oxygen atoms in total. The van der Waals surface area contributed by atoms with Crippen molar-refractivity contribution < 1.29 is 71.7 Å². The number of aromatic nitrogens is 2. The molecule has 18 atom stereocenters. The molecule has 0 spiro atoms. The van der Waals surface area contributed by atoms with Gasteiger partial charge in [0, 0.05) is 64.8 Å². The van der Waals surface area contributed by atoms with Gasteiger partial charge in [0.2, 0.25) is 0 Å². The second-order valence-corrected chi connectivity index (χ2v) is 18.8. The molecule has 3 saturated heterocycles. The highest BCUT2D eigenvalue weighted by atomic mass is 16.7. The number of methoxy groups -OCH3 is 3.